The van der Waals surface area contributed by atoms with E-state index in [4.69, 9.17) is 16.3 Å². The van der Waals surface area contributed by atoms with Crippen molar-refractivity contribution in [3.8, 4) is 0 Å². The monoisotopic (exact) mass is 301 g/mol. The Morgan fingerprint density at radius 1 is 1.29 bits per heavy atom. The van der Waals surface area contributed by atoms with E-state index in [9.17, 15) is 4.79 Å². The molecular weight excluding hydrogens is 286 g/mol. The largest absolute Gasteiger partial charge is 0.465 e. The van der Waals surface area contributed by atoms with Crippen molar-refractivity contribution in [2.24, 2.45) is 0 Å². The fourth-order valence-electron chi connectivity index (χ4n) is 2.78. The van der Waals surface area contributed by atoms with Gasteiger partial charge >= 0.3 is 5.97 Å². The van der Waals surface area contributed by atoms with E-state index in [1.54, 1.807) is 18.2 Å². The molecule has 0 aromatic heterocycles. The molecule has 0 saturated carbocycles. The normalized spacial score (nSPS) is 16.4. The van der Waals surface area contributed by atoms with E-state index in [0.717, 1.165) is 18.5 Å². The van der Waals surface area contributed by atoms with Crippen LogP contribution in [0.2, 0.25) is 5.02 Å². The lowest BCUT2D eigenvalue weighted by molar-refractivity contribution is 0.0601. The predicted molar refractivity (Wildman–Crippen MR) is 83.9 cm³/mol. The van der Waals surface area contributed by atoms with Crippen LogP contribution in [0, 0.1) is 0 Å². The fraction of sp³-hybridized carbons (Fsp3) is 0.235. The average Bonchev–Trinajstić information content (AvgIpc) is 2.92. The molecule has 2 aromatic carbocycles. The molecule has 0 aliphatic heterocycles. The zero-order valence-electron chi connectivity index (χ0n) is 11.7. The van der Waals surface area contributed by atoms with Crippen molar-refractivity contribution in [2.75, 3.05) is 12.4 Å². The van der Waals surface area contributed by atoms with Crippen LogP contribution in [0.3, 0.4) is 0 Å². The number of nitrogens with one attached hydrogen (secondary N) is 1. The van der Waals surface area contributed by atoms with Crippen molar-refractivity contribution in [3.63, 3.8) is 0 Å². The molecule has 1 atom stereocenters. The highest BCUT2D eigenvalue weighted by molar-refractivity contribution is 6.33. The highest BCUT2D eigenvalue weighted by Crippen LogP contribution is 2.35. The molecule has 0 fully saturated rings. The molecule has 1 aliphatic carbocycles. The van der Waals surface area contributed by atoms with Gasteiger partial charge in [0.1, 0.15) is 0 Å². The molecule has 4 heteroatoms. The lowest BCUT2D eigenvalue weighted by Gasteiger charge is -2.17. The summed E-state index contributed by atoms with van der Waals surface area (Å²) in [6.45, 7) is 0. The molecule has 0 bridgehead atoms. The van der Waals surface area contributed by atoms with Gasteiger partial charge in [-0.2, -0.15) is 0 Å². The Labute approximate surface area is 128 Å². The number of hydrogen-bond acceptors (Lipinski definition) is 3. The molecule has 0 amide bonds. The zero-order chi connectivity index (χ0) is 14.8. The molecule has 3 nitrogen and oxygen atoms in total. The van der Waals surface area contributed by atoms with Gasteiger partial charge in [-0.05, 0) is 42.2 Å². The van der Waals surface area contributed by atoms with E-state index in [-0.39, 0.29) is 12.0 Å². The summed E-state index contributed by atoms with van der Waals surface area (Å²) in [5, 5.41) is 4.05. The molecule has 1 aliphatic rings. The number of fused-ring (bicyclic) bond motifs is 1. The summed E-state index contributed by atoms with van der Waals surface area (Å²) in [4.78, 5) is 11.6. The number of esters is 1. The molecular formula is C17H16ClNO2. The van der Waals surface area contributed by atoms with Gasteiger partial charge in [0.05, 0.1) is 29.4 Å². The summed E-state index contributed by atoms with van der Waals surface area (Å²) >= 11 is 6.23. The van der Waals surface area contributed by atoms with Gasteiger partial charge in [-0.3, -0.25) is 0 Å². The molecule has 0 radical (unpaired) electrons. The molecule has 21 heavy (non-hydrogen) atoms. The second-order valence-electron chi connectivity index (χ2n) is 5.12. The number of ether oxygens (including phenoxy) is 1. The molecule has 2 aromatic rings. The van der Waals surface area contributed by atoms with E-state index >= 15 is 0 Å². The molecule has 0 heterocycles. The third-order valence-corrected chi connectivity index (χ3v) is 4.18. The second-order valence-corrected chi connectivity index (χ2v) is 5.53. The van der Waals surface area contributed by atoms with E-state index in [1.165, 1.54) is 18.2 Å². The average molecular weight is 302 g/mol. The van der Waals surface area contributed by atoms with Crippen molar-refractivity contribution < 1.29 is 9.53 Å². The summed E-state index contributed by atoms with van der Waals surface area (Å²) in [5.41, 5.74) is 3.93. The third-order valence-electron chi connectivity index (χ3n) is 3.85. The van der Waals surface area contributed by atoms with Crippen LogP contribution in [-0.4, -0.2) is 13.1 Å². The van der Waals surface area contributed by atoms with Crippen molar-refractivity contribution in [2.45, 2.75) is 18.9 Å². The van der Waals surface area contributed by atoms with Gasteiger partial charge in [0.2, 0.25) is 0 Å². The Bertz CT molecular complexity index is 684. The Morgan fingerprint density at radius 2 is 2.10 bits per heavy atom. The molecule has 108 valence electrons. The van der Waals surface area contributed by atoms with Crippen molar-refractivity contribution in [1.82, 2.24) is 0 Å². The van der Waals surface area contributed by atoms with Gasteiger partial charge in [-0.15, -0.1) is 0 Å². The number of carbonyl (C=O) groups excluding carboxylic acids is 1. The highest BCUT2D eigenvalue weighted by Gasteiger charge is 2.22. The first-order valence-corrected chi connectivity index (χ1v) is 7.29. The Morgan fingerprint density at radius 3 is 2.90 bits per heavy atom. The third kappa shape index (κ3) is 2.74. The van der Waals surface area contributed by atoms with Crippen LogP contribution in [0.15, 0.2) is 42.5 Å². The lowest BCUT2D eigenvalue weighted by atomic mass is 10.1. The smallest absolute Gasteiger partial charge is 0.337 e. The maximum absolute atomic E-state index is 11.6. The number of benzene rings is 2. The first-order valence-electron chi connectivity index (χ1n) is 6.91. The van der Waals surface area contributed by atoms with E-state index < -0.39 is 0 Å². The number of anilines is 1. The standard InChI is InChI=1S/C17H16ClNO2/c1-21-17(20)12-6-8-14(18)16(10-12)19-15-9-7-11-4-2-3-5-13(11)15/h2-6,8,10,15,19H,7,9H2,1H3. The summed E-state index contributed by atoms with van der Waals surface area (Å²) < 4.78 is 4.75. The summed E-state index contributed by atoms with van der Waals surface area (Å²) in [7, 11) is 1.37. The summed E-state index contributed by atoms with van der Waals surface area (Å²) in [6.07, 6.45) is 2.08. The maximum Gasteiger partial charge on any atom is 0.337 e. The first-order chi connectivity index (χ1) is 10.2. The van der Waals surface area contributed by atoms with E-state index in [0.29, 0.717) is 10.6 Å². The van der Waals surface area contributed by atoms with E-state index in [2.05, 4.69) is 23.5 Å². The van der Waals surface area contributed by atoms with Gasteiger partial charge in [-0.1, -0.05) is 35.9 Å². The minimum atomic E-state index is -0.360. The minimum absolute atomic E-state index is 0.228. The number of hydrogen-bond donors (Lipinski definition) is 1. The molecule has 3 rings (SSSR count). The van der Waals surface area contributed by atoms with Crippen LogP contribution in [0.4, 0.5) is 5.69 Å². The first kappa shape index (κ1) is 14.0. The SMILES string of the molecule is COC(=O)c1ccc(Cl)c(NC2CCc3ccccc32)c1. The summed E-state index contributed by atoms with van der Waals surface area (Å²) in [6, 6.07) is 13.8. The summed E-state index contributed by atoms with van der Waals surface area (Å²) in [5.74, 6) is -0.360. The second kappa shape index (κ2) is 5.78. The molecule has 0 spiro atoms. The molecule has 1 N–H and O–H groups in total. The lowest BCUT2D eigenvalue weighted by Crippen LogP contribution is -2.09. The van der Waals surface area contributed by atoms with Crippen molar-refractivity contribution >= 4 is 23.3 Å². The number of methoxy groups -OCH3 is 1. The maximum atomic E-state index is 11.6. The van der Waals surface area contributed by atoms with Gasteiger partial charge < -0.3 is 10.1 Å². The van der Waals surface area contributed by atoms with Gasteiger partial charge in [0.15, 0.2) is 0 Å². The van der Waals surface area contributed by atoms with Crippen molar-refractivity contribution in [3.05, 3.63) is 64.2 Å². The quantitative estimate of drug-likeness (QED) is 0.862. The topological polar surface area (TPSA) is 38.3 Å². The predicted octanol–water partition coefficient (Wildman–Crippen LogP) is 4.23. The van der Waals surface area contributed by atoms with Crippen LogP contribution in [0.25, 0.3) is 0 Å². The number of carbonyl (C=O) groups is 1. The van der Waals surface area contributed by atoms with Crippen LogP contribution in [0.5, 0.6) is 0 Å². The van der Waals surface area contributed by atoms with E-state index in [1.807, 2.05) is 6.07 Å². The number of rotatable bonds is 3. The van der Waals surface area contributed by atoms with Crippen LogP contribution < -0.4 is 5.32 Å². The van der Waals surface area contributed by atoms with Gasteiger partial charge in [0.25, 0.3) is 0 Å². The Hall–Kier alpha value is -2.00. The van der Waals surface area contributed by atoms with Crippen molar-refractivity contribution in [1.29, 1.82) is 0 Å². The number of halogens is 1. The van der Waals surface area contributed by atoms with Crippen LogP contribution in [-0.2, 0) is 11.2 Å². The van der Waals surface area contributed by atoms with Gasteiger partial charge in [-0.25, -0.2) is 4.79 Å². The van der Waals surface area contributed by atoms with Crippen LogP contribution >= 0.6 is 11.6 Å². The highest BCUT2D eigenvalue weighted by atomic mass is 35.5. The minimum Gasteiger partial charge on any atom is -0.465 e. The van der Waals surface area contributed by atoms with Gasteiger partial charge in [0, 0.05) is 0 Å². The Balaban J connectivity index is 1.87. The Kier molecular flexibility index (Phi) is 3.84. The fourth-order valence-corrected chi connectivity index (χ4v) is 2.95. The molecule has 1 unspecified atom stereocenters. The zero-order valence-corrected chi connectivity index (χ0v) is 12.5. The molecule has 0 saturated heterocycles. The number of aryl methyl sites for hydroxylation is 1. The van der Waals surface area contributed by atoms with Crippen LogP contribution in [0.1, 0.15) is 33.9 Å².